The van der Waals surface area contributed by atoms with Crippen molar-refractivity contribution in [1.82, 2.24) is 10.2 Å². The van der Waals surface area contributed by atoms with E-state index in [0.717, 1.165) is 10.5 Å². The molecule has 1 unspecified atom stereocenters. The number of nitrogens with one attached hydrogen (secondary N) is 1. The quantitative estimate of drug-likeness (QED) is 0.777. The van der Waals surface area contributed by atoms with Crippen molar-refractivity contribution in [1.29, 1.82) is 0 Å². The molecule has 1 aliphatic heterocycles. The van der Waals surface area contributed by atoms with Crippen LogP contribution in [0.25, 0.3) is 0 Å². The number of hydrogen-bond acceptors (Lipinski definition) is 3. The number of aryl methyl sites for hydroxylation is 1. The Morgan fingerprint density at radius 3 is 2.46 bits per heavy atom. The molecule has 2 aromatic rings. The molecule has 0 bridgehead atoms. The minimum Gasteiger partial charge on any atom is -0.492 e. The van der Waals surface area contributed by atoms with Gasteiger partial charge in [0.15, 0.2) is 0 Å². The number of rotatable bonds is 5. The third-order valence-corrected chi connectivity index (χ3v) is 4.90. The molecule has 1 fully saturated rings. The fourth-order valence-electron chi connectivity index (χ4n) is 2.87. The molecule has 1 saturated heterocycles. The molecular formula is C19H18Cl2N2O3. The van der Waals surface area contributed by atoms with Gasteiger partial charge in [0.05, 0.1) is 6.54 Å². The Bertz CT molecular complexity index is 854. The minimum atomic E-state index is -1.23. The summed E-state index contributed by atoms with van der Waals surface area (Å²) >= 11 is 12.1. The van der Waals surface area contributed by atoms with Crippen LogP contribution in [0.3, 0.4) is 0 Å². The zero-order chi connectivity index (χ0) is 18.9. The highest BCUT2D eigenvalue weighted by atomic mass is 35.5. The molecule has 26 heavy (non-hydrogen) atoms. The van der Waals surface area contributed by atoms with Crippen LogP contribution in [0.5, 0.6) is 5.75 Å². The van der Waals surface area contributed by atoms with Gasteiger partial charge in [0.25, 0.3) is 5.91 Å². The number of hydrogen-bond donors (Lipinski definition) is 1. The number of ether oxygens (including phenoxy) is 1. The molecule has 0 spiro atoms. The lowest BCUT2D eigenvalue weighted by atomic mass is 9.92. The van der Waals surface area contributed by atoms with Crippen molar-refractivity contribution >= 4 is 35.1 Å². The number of imide groups is 1. The van der Waals surface area contributed by atoms with Crippen molar-refractivity contribution in [3.63, 3.8) is 0 Å². The van der Waals surface area contributed by atoms with Crippen LogP contribution in [0.4, 0.5) is 4.79 Å². The Morgan fingerprint density at radius 2 is 1.81 bits per heavy atom. The van der Waals surface area contributed by atoms with E-state index in [-0.39, 0.29) is 19.1 Å². The molecule has 0 saturated carbocycles. The fourth-order valence-corrected chi connectivity index (χ4v) is 3.46. The summed E-state index contributed by atoms with van der Waals surface area (Å²) in [6.45, 7) is 3.95. The van der Waals surface area contributed by atoms with Crippen molar-refractivity contribution in [3.05, 3.63) is 63.6 Å². The first kappa shape index (κ1) is 18.5. The van der Waals surface area contributed by atoms with Crippen LogP contribution in [0, 0.1) is 6.92 Å². The first-order valence-corrected chi connectivity index (χ1v) is 8.86. The summed E-state index contributed by atoms with van der Waals surface area (Å²) in [6, 6.07) is 11.9. The lowest BCUT2D eigenvalue weighted by Gasteiger charge is -2.23. The summed E-state index contributed by atoms with van der Waals surface area (Å²) in [4.78, 5) is 26.3. The first-order chi connectivity index (χ1) is 12.3. The van der Waals surface area contributed by atoms with Crippen LogP contribution >= 0.6 is 23.2 Å². The van der Waals surface area contributed by atoms with Crippen molar-refractivity contribution in [2.24, 2.45) is 0 Å². The maximum Gasteiger partial charge on any atom is 0.325 e. The van der Waals surface area contributed by atoms with E-state index in [1.54, 1.807) is 25.1 Å². The normalized spacial score (nSPS) is 19.6. The van der Waals surface area contributed by atoms with Gasteiger partial charge >= 0.3 is 6.03 Å². The third-order valence-electron chi connectivity index (χ3n) is 4.35. The topological polar surface area (TPSA) is 58.6 Å². The molecule has 1 aliphatic rings. The van der Waals surface area contributed by atoms with E-state index in [4.69, 9.17) is 27.9 Å². The molecule has 0 aromatic heterocycles. The predicted octanol–water partition coefficient (Wildman–Crippen LogP) is 4.15. The Kier molecular flexibility index (Phi) is 5.12. The van der Waals surface area contributed by atoms with Gasteiger partial charge < -0.3 is 10.1 Å². The van der Waals surface area contributed by atoms with Gasteiger partial charge in [0, 0.05) is 15.6 Å². The lowest BCUT2D eigenvalue weighted by Crippen LogP contribution is -2.41. The van der Waals surface area contributed by atoms with Gasteiger partial charge in [-0.2, -0.15) is 0 Å². The number of carbonyl (C=O) groups is 2. The van der Waals surface area contributed by atoms with Gasteiger partial charge in [-0.15, -0.1) is 0 Å². The third kappa shape index (κ3) is 3.50. The van der Waals surface area contributed by atoms with Crippen LogP contribution in [-0.4, -0.2) is 30.0 Å². The molecule has 1 heterocycles. The lowest BCUT2D eigenvalue weighted by molar-refractivity contribution is -0.131. The molecular weight excluding hydrogens is 375 g/mol. The van der Waals surface area contributed by atoms with Gasteiger partial charge in [0.2, 0.25) is 0 Å². The van der Waals surface area contributed by atoms with E-state index in [9.17, 15) is 9.59 Å². The number of benzene rings is 2. The van der Waals surface area contributed by atoms with E-state index in [2.05, 4.69) is 5.32 Å². The van der Waals surface area contributed by atoms with E-state index < -0.39 is 11.6 Å². The summed E-state index contributed by atoms with van der Waals surface area (Å²) in [5, 5.41) is 3.50. The van der Waals surface area contributed by atoms with E-state index >= 15 is 0 Å². The fraction of sp³-hybridized carbons (Fsp3) is 0.263. The summed E-state index contributed by atoms with van der Waals surface area (Å²) in [7, 11) is 0. The average Bonchev–Trinajstić information content (AvgIpc) is 2.80. The molecule has 7 heteroatoms. The smallest absolute Gasteiger partial charge is 0.325 e. The van der Waals surface area contributed by atoms with Crippen molar-refractivity contribution in [3.8, 4) is 5.75 Å². The van der Waals surface area contributed by atoms with Crippen LogP contribution in [0.1, 0.15) is 18.1 Å². The second kappa shape index (κ2) is 7.17. The Hall–Kier alpha value is -2.24. The molecule has 1 atom stereocenters. The number of urea groups is 1. The second-order valence-electron chi connectivity index (χ2n) is 6.30. The summed E-state index contributed by atoms with van der Waals surface area (Å²) < 4.78 is 5.62. The van der Waals surface area contributed by atoms with Crippen molar-refractivity contribution < 1.29 is 14.3 Å². The maximum atomic E-state index is 12.9. The van der Waals surface area contributed by atoms with Gasteiger partial charge in [0.1, 0.15) is 17.9 Å². The number of nitrogens with zero attached hydrogens (tertiary/aromatic N) is 1. The zero-order valence-electron chi connectivity index (χ0n) is 14.4. The molecule has 0 radical (unpaired) electrons. The summed E-state index contributed by atoms with van der Waals surface area (Å²) in [6.07, 6.45) is 0. The SMILES string of the molecule is Cc1ccc(OCCN2C(=O)NC(C)(c3ccc(Cl)cc3Cl)C2=O)cc1. The van der Waals surface area contributed by atoms with Crippen LogP contribution in [0.15, 0.2) is 42.5 Å². The Morgan fingerprint density at radius 1 is 1.12 bits per heavy atom. The highest BCUT2D eigenvalue weighted by Crippen LogP contribution is 2.34. The minimum absolute atomic E-state index is 0.138. The van der Waals surface area contributed by atoms with Crippen molar-refractivity contribution in [2.75, 3.05) is 13.2 Å². The molecule has 3 amide bonds. The molecule has 3 rings (SSSR count). The summed E-state index contributed by atoms with van der Waals surface area (Å²) in [5.74, 6) is 0.311. The van der Waals surface area contributed by atoms with Crippen molar-refractivity contribution in [2.45, 2.75) is 19.4 Å². The van der Waals surface area contributed by atoms with Crippen LogP contribution in [0.2, 0.25) is 10.0 Å². The average molecular weight is 393 g/mol. The summed E-state index contributed by atoms with van der Waals surface area (Å²) in [5.41, 5.74) is 0.397. The van der Waals surface area contributed by atoms with Crippen LogP contribution < -0.4 is 10.1 Å². The number of halogens is 2. The Labute approximate surface area is 161 Å². The maximum absolute atomic E-state index is 12.9. The molecule has 1 N–H and O–H groups in total. The first-order valence-electron chi connectivity index (χ1n) is 8.10. The van der Waals surface area contributed by atoms with Gasteiger partial charge in [-0.3, -0.25) is 9.69 Å². The molecule has 2 aromatic carbocycles. The van der Waals surface area contributed by atoms with Crippen LogP contribution in [-0.2, 0) is 10.3 Å². The predicted molar refractivity (Wildman–Crippen MR) is 101 cm³/mol. The monoisotopic (exact) mass is 392 g/mol. The van der Waals surface area contributed by atoms with Gasteiger partial charge in [-0.05, 0) is 38.1 Å². The van der Waals surface area contributed by atoms with Gasteiger partial charge in [-0.25, -0.2) is 4.79 Å². The molecule has 136 valence electrons. The van der Waals surface area contributed by atoms with E-state index in [1.165, 1.54) is 0 Å². The Balaban J connectivity index is 1.71. The van der Waals surface area contributed by atoms with E-state index in [1.807, 2.05) is 31.2 Å². The largest absolute Gasteiger partial charge is 0.492 e. The molecule has 5 nitrogen and oxygen atoms in total. The second-order valence-corrected chi connectivity index (χ2v) is 7.14. The highest BCUT2D eigenvalue weighted by Gasteiger charge is 2.49. The highest BCUT2D eigenvalue weighted by molar-refractivity contribution is 6.35. The number of carbonyl (C=O) groups excluding carboxylic acids is 2. The number of amides is 3. The zero-order valence-corrected chi connectivity index (χ0v) is 15.9. The standard InChI is InChI=1S/C19H18Cl2N2O3/c1-12-3-6-14(7-4-12)26-10-9-23-17(24)19(2,22-18(23)25)15-8-5-13(20)11-16(15)21/h3-8,11H,9-10H2,1-2H3,(H,22,25). The molecule has 0 aliphatic carbocycles. The van der Waals surface area contributed by atoms with E-state index in [0.29, 0.717) is 21.4 Å². The van der Waals surface area contributed by atoms with Gasteiger partial charge in [-0.1, -0.05) is 47.0 Å².